The number of amides is 2. The molecule has 0 aliphatic carbocycles. The molecule has 33 heavy (non-hydrogen) atoms. The smallest absolute Gasteiger partial charge is 0.254 e. The number of likely N-dealkylation sites (N-methyl/N-ethyl adjacent to an activating group) is 1. The summed E-state index contributed by atoms with van der Waals surface area (Å²) in [5.74, 6) is -0.362. The average Bonchev–Trinajstić information content (AvgIpc) is 3.37. The third-order valence-electron chi connectivity index (χ3n) is 6.78. The van der Waals surface area contributed by atoms with Crippen LogP contribution in [0.5, 0.6) is 0 Å². The number of rotatable bonds is 3. The first-order chi connectivity index (χ1) is 16.0. The summed E-state index contributed by atoms with van der Waals surface area (Å²) in [6.45, 7) is 4.86. The number of hydrogen-bond donors (Lipinski definition) is 0. The zero-order chi connectivity index (χ0) is 23.1. The van der Waals surface area contributed by atoms with Crippen LogP contribution in [0, 0.1) is 6.92 Å². The maximum atomic E-state index is 14.0. The number of carbonyl (C=O) groups excluding carboxylic acids is 2. The van der Waals surface area contributed by atoms with Gasteiger partial charge < -0.3 is 14.7 Å². The lowest BCUT2D eigenvalue weighted by atomic mass is 9.81. The van der Waals surface area contributed by atoms with Gasteiger partial charge in [-0.2, -0.15) is 0 Å². The van der Waals surface area contributed by atoms with E-state index in [1.807, 2.05) is 71.9 Å². The summed E-state index contributed by atoms with van der Waals surface area (Å²) in [6.07, 6.45) is 0. The number of thiophene rings is 1. The molecule has 5 rings (SSSR count). The van der Waals surface area contributed by atoms with Gasteiger partial charge in [-0.25, -0.2) is 0 Å². The maximum absolute atomic E-state index is 14.0. The van der Waals surface area contributed by atoms with Crippen molar-refractivity contribution in [1.82, 2.24) is 9.80 Å². The van der Waals surface area contributed by atoms with Crippen LogP contribution in [-0.4, -0.2) is 54.8 Å². The Bertz CT molecular complexity index is 1190. The van der Waals surface area contributed by atoms with Crippen LogP contribution in [0.1, 0.15) is 38.3 Å². The first-order valence-corrected chi connectivity index (χ1v) is 12.4. The normalized spacial score (nSPS) is 20.7. The lowest BCUT2D eigenvalue weighted by Crippen LogP contribution is -2.53. The molecule has 3 aromatic rings. The second-order valence-electron chi connectivity index (χ2n) is 8.68. The van der Waals surface area contributed by atoms with E-state index >= 15 is 0 Å². The van der Waals surface area contributed by atoms with Crippen LogP contribution in [0.15, 0.2) is 60.0 Å². The van der Waals surface area contributed by atoms with Gasteiger partial charge in [-0.3, -0.25) is 9.59 Å². The van der Waals surface area contributed by atoms with Crippen molar-refractivity contribution in [2.45, 2.75) is 18.9 Å². The number of fused-ring (bicyclic) bond motifs is 1. The predicted octanol–water partition coefficient (Wildman–Crippen LogP) is 4.97. The summed E-state index contributed by atoms with van der Waals surface area (Å²) in [5, 5.41) is 2.72. The Labute approximate surface area is 203 Å². The molecule has 2 amide bonds. The maximum Gasteiger partial charge on any atom is 0.254 e. The van der Waals surface area contributed by atoms with E-state index in [0.717, 1.165) is 34.2 Å². The van der Waals surface area contributed by atoms with E-state index < -0.39 is 5.92 Å². The second-order valence-corrected chi connectivity index (χ2v) is 10.1. The number of nitrogens with zero attached hydrogens (tertiary/aromatic N) is 3. The molecular formula is C26H26ClN3O2S. The summed E-state index contributed by atoms with van der Waals surface area (Å²) < 4.78 is 0. The zero-order valence-corrected chi connectivity index (χ0v) is 20.3. The average molecular weight is 480 g/mol. The highest BCUT2D eigenvalue weighted by Gasteiger charge is 2.44. The summed E-state index contributed by atoms with van der Waals surface area (Å²) in [7, 11) is 1.81. The number of aryl methyl sites for hydroxylation is 1. The fourth-order valence-corrected chi connectivity index (χ4v) is 6.11. The van der Waals surface area contributed by atoms with E-state index in [1.54, 1.807) is 16.2 Å². The molecule has 0 spiro atoms. The number of hydrogen-bond acceptors (Lipinski definition) is 4. The van der Waals surface area contributed by atoms with Crippen molar-refractivity contribution in [1.29, 1.82) is 0 Å². The summed E-state index contributed by atoms with van der Waals surface area (Å²) >= 11 is 7.83. The molecule has 2 aliphatic heterocycles. The zero-order valence-electron chi connectivity index (χ0n) is 18.7. The lowest BCUT2D eigenvalue weighted by molar-refractivity contribution is -0.134. The summed E-state index contributed by atoms with van der Waals surface area (Å²) in [5.41, 5.74) is 3.76. The molecule has 7 heteroatoms. The van der Waals surface area contributed by atoms with Gasteiger partial charge in [0.1, 0.15) is 0 Å². The van der Waals surface area contributed by atoms with Gasteiger partial charge in [0.15, 0.2) is 0 Å². The van der Waals surface area contributed by atoms with Crippen LogP contribution >= 0.6 is 22.9 Å². The molecule has 2 atom stereocenters. The minimum atomic E-state index is -0.415. The van der Waals surface area contributed by atoms with Gasteiger partial charge in [-0.1, -0.05) is 41.9 Å². The standard InChI is InChI=1S/C26H26ClN3O2S/c1-17-9-10-18(27)16-21(17)29-11-13-30(14-12-29)26(32)23-19-6-3-4-7-20(19)25(31)28(2)24(23)22-8-5-15-33-22/h3-10,15-16,23-24H,11-14H2,1-2H3/t23-,24-/m1/s1. The molecule has 2 aliphatic rings. The highest BCUT2D eigenvalue weighted by molar-refractivity contribution is 7.10. The van der Waals surface area contributed by atoms with Gasteiger partial charge >= 0.3 is 0 Å². The fraction of sp³-hybridized carbons (Fsp3) is 0.308. The lowest BCUT2D eigenvalue weighted by Gasteiger charge is -2.43. The molecule has 2 aromatic carbocycles. The molecule has 0 saturated carbocycles. The summed E-state index contributed by atoms with van der Waals surface area (Å²) in [4.78, 5) is 34.1. The van der Waals surface area contributed by atoms with Crippen LogP contribution < -0.4 is 4.90 Å². The minimum absolute atomic E-state index is 0.0331. The second kappa shape index (κ2) is 8.84. The quantitative estimate of drug-likeness (QED) is 0.532. The van der Waals surface area contributed by atoms with E-state index in [9.17, 15) is 9.59 Å². The molecule has 0 N–H and O–H groups in total. The van der Waals surface area contributed by atoms with Crippen LogP contribution in [-0.2, 0) is 4.79 Å². The Hall–Kier alpha value is -2.83. The molecule has 1 aromatic heterocycles. The van der Waals surface area contributed by atoms with Crippen LogP contribution in [0.3, 0.4) is 0 Å². The van der Waals surface area contributed by atoms with Crippen molar-refractivity contribution in [3.05, 3.63) is 86.6 Å². The van der Waals surface area contributed by atoms with E-state index in [0.29, 0.717) is 18.7 Å². The third-order valence-corrected chi connectivity index (χ3v) is 7.96. The Balaban J connectivity index is 1.43. The number of carbonyl (C=O) groups is 2. The topological polar surface area (TPSA) is 43.9 Å². The van der Waals surface area contributed by atoms with Gasteiger partial charge in [-0.15, -0.1) is 11.3 Å². The van der Waals surface area contributed by atoms with Crippen molar-refractivity contribution in [3.8, 4) is 0 Å². The molecule has 0 radical (unpaired) electrons. The van der Waals surface area contributed by atoms with Crippen LogP contribution in [0.2, 0.25) is 5.02 Å². The van der Waals surface area contributed by atoms with E-state index in [2.05, 4.69) is 11.8 Å². The molecule has 5 nitrogen and oxygen atoms in total. The van der Waals surface area contributed by atoms with Gasteiger partial charge in [0, 0.05) is 54.4 Å². The highest BCUT2D eigenvalue weighted by Crippen LogP contribution is 2.44. The monoisotopic (exact) mass is 479 g/mol. The molecular weight excluding hydrogens is 454 g/mol. The SMILES string of the molecule is Cc1ccc(Cl)cc1N1CCN(C(=O)[C@@H]2c3ccccc3C(=O)N(C)[C@@H]2c2cccs2)CC1. The van der Waals surface area contributed by atoms with Crippen molar-refractivity contribution >= 4 is 40.4 Å². The number of halogens is 1. The minimum Gasteiger partial charge on any atom is -0.368 e. The Morgan fingerprint density at radius 1 is 1.03 bits per heavy atom. The third kappa shape index (κ3) is 3.91. The van der Waals surface area contributed by atoms with E-state index in [-0.39, 0.29) is 17.9 Å². The Morgan fingerprint density at radius 3 is 2.52 bits per heavy atom. The van der Waals surface area contributed by atoms with Gasteiger partial charge in [0.05, 0.1) is 12.0 Å². The van der Waals surface area contributed by atoms with E-state index in [1.165, 1.54) is 5.56 Å². The van der Waals surface area contributed by atoms with Gasteiger partial charge in [0.2, 0.25) is 5.91 Å². The van der Waals surface area contributed by atoms with Gasteiger partial charge in [-0.05, 0) is 47.7 Å². The van der Waals surface area contributed by atoms with Gasteiger partial charge in [0.25, 0.3) is 5.91 Å². The number of benzene rings is 2. The first-order valence-electron chi connectivity index (χ1n) is 11.1. The van der Waals surface area contributed by atoms with Crippen molar-refractivity contribution in [3.63, 3.8) is 0 Å². The fourth-order valence-electron chi connectivity index (χ4n) is 5.04. The van der Waals surface area contributed by atoms with Crippen molar-refractivity contribution in [2.75, 3.05) is 38.1 Å². The highest BCUT2D eigenvalue weighted by atomic mass is 35.5. The largest absolute Gasteiger partial charge is 0.368 e. The van der Waals surface area contributed by atoms with Crippen LogP contribution in [0.4, 0.5) is 5.69 Å². The molecule has 1 saturated heterocycles. The molecule has 0 bridgehead atoms. The number of anilines is 1. The Morgan fingerprint density at radius 2 is 1.79 bits per heavy atom. The Kier molecular flexibility index (Phi) is 5.89. The first kappa shape index (κ1) is 22.0. The molecule has 1 fully saturated rings. The van der Waals surface area contributed by atoms with E-state index in [4.69, 9.17) is 11.6 Å². The molecule has 0 unspecified atom stereocenters. The molecule has 170 valence electrons. The van der Waals surface area contributed by atoms with Crippen molar-refractivity contribution < 1.29 is 9.59 Å². The summed E-state index contributed by atoms with van der Waals surface area (Å²) in [6, 6.07) is 17.2. The van der Waals surface area contributed by atoms with Crippen LogP contribution in [0.25, 0.3) is 0 Å². The molecule has 3 heterocycles. The van der Waals surface area contributed by atoms with Crippen molar-refractivity contribution in [2.24, 2.45) is 0 Å². The number of piperazine rings is 1. The predicted molar refractivity (Wildman–Crippen MR) is 133 cm³/mol.